The zero-order valence-corrected chi connectivity index (χ0v) is 12.2. The molecule has 3 heterocycles. The molecule has 2 aliphatic heterocycles. The molecule has 3 rings (SSSR count). The lowest BCUT2D eigenvalue weighted by Gasteiger charge is -2.28. The molecule has 0 amide bonds. The van der Waals surface area contributed by atoms with Crippen molar-refractivity contribution < 1.29 is 17.7 Å². The standard InChI is InChI=1S/C12H19N3O4S/c1-13-10-2-4-18-6-9(10)12-14-11(15-19-12)8-3-5-20(16,17)7-8/h8-10,13H,2-7H2,1H3. The predicted octanol–water partition coefficient (Wildman–Crippen LogP) is 0.0636. The van der Waals surface area contributed by atoms with Gasteiger partial charge in [0.25, 0.3) is 0 Å². The molecule has 1 aromatic heterocycles. The maximum atomic E-state index is 11.5. The van der Waals surface area contributed by atoms with Gasteiger partial charge in [-0.1, -0.05) is 5.16 Å². The monoisotopic (exact) mass is 301 g/mol. The number of aromatic nitrogens is 2. The molecule has 0 spiro atoms. The predicted molar refractivity (Wildman–Crippen MR) is 71.3 cm³/mol. The van der Waals surface area contributed by atoms with E-state index in [0.717, 1.165) is 13.0 Å². The van der Waals surface area contributed by atoms with Crippen LogP contribution in [0.15, 0.2) is 4.52 Å². The number of likely N-dealkylation sites (N-methyl/N-ethyl adjacent to an activating group) is 1. The number of sulfone groups is 1. The molecule has 0 bridgehead atoms. The summed E-state index contributed by atoms with van der Waals surface area (Å²) in [7, 11) is -1.03. The van der Waals surface area contributed by atoms with E-state index in [1.165, 1.54) is 0 Å². The average Bonchev–Trinajstić information content (AvgIpc) is 3.05. The lowest BCUT2D eigenvalue weighted by atomic mass is 9.96. The molecule has 8 heteroatoms. The first-order valence-corrected chi connectivity index (χ1v) is 8.70. The van der Waals surface area contributed by atoms with E-state index in [0.29, 0.717) is 24.7 Å². The summed E-state index contributed by atoms with van der Waals surface area (Å²) >= 11 is 0. The highest BCUT2D eigenvalue weighted by atomic mass is 32.2. The Bertz CT molecular complexity index is 571. The van der Waals surface area contributed by atoms with Crippen molar-refractivity contribution in [2.75, 3.05) is 31.8 Å². The molecular weight excluding hydrogens is 282 g/mol. The maximum Gasteiger partial charge on any atom is 0.233 e. The Morgan fingerprint density at radius 2 is 2.20 bits per heavy atom. The molecule has 1 N–H and O–H groups in total. The van der Waals surface area contributed by atoms with Gasteiger partial charge in [0.2, 0.25) is 5.89 Å². The molecule has 0 radical (unpaired) electrons. The lowest BCUT2D eigenvalue weighted by Crippen LogP contribution is -2.39. The van der Waals surface area contributed by atoms with Gasteiger partial charge in [0.1, 0.15) is 0 Å². The summed E-state index contributed by atoms with van der Waals surface area (Å²) in [4.78, 5) is 4.42. The number of nitrogens with one attached hydrogen (secondary N) is 1. The first-order chi connectivity index (χ1) is 9.59. The van der Waals surface area contributed by atoms with E-state index in [2.05, 4.69) is 15.5 Å². The van der Waals surface area contributed by atoms with Gasteiger partial charge in [0.05, 0.1) is 24.0 Å². The van der Waals surface area contributed by atoms with Crippen molar-refractivity contribution in [2.45, 2.75) is 30.7 Å². The van der Waals surface area contributed by atoms with E-state index >= 15 is 0 Å². The number of nitrogens with zero attached hydrogens (tertiary/aromatic N) is 2. The zero-order chi connectivity index (χ0) is 14.2. The second-order valence-electron chi connectivity index (χ2n) is 5.46. The van der Waals surface area contributed by atoms with Gasteiger partial charge in [-0.25, -0.2) is 8.42 Å². The Hall–Kier alpha value is -0.990. The van der Waals surface area contributed by atoms with Crippen molar-refractivity contribution in [2.24, 2.45) is 0 Å². The molecular formula is C12H19N3O4S. The number of ether oxygens (including phenoxy) is 1. The zero-order valence-electron chi connectivity index (χ0n) is 11.4. The molecule has 2 fully saturated rings. The van der Waals surface area contributed by atoms with Crippen LogP contribution in [-0.2, 0) is 14.6 Å². The van der Waals surface area contributed by atoms with Crippen molar-refractivity contribution in [3.8, 4) is 0 Å². The fourth-order valence-corrected chi connectivity index (χ4v) is 4.63. The van der Waals surface area contributed by atoms with E-state index < -0.39 is 9.84 Å². The fraction of sp³-hybridized carbons (Fsp3) is 0.833. The lowest BCUT2D eigenvalue weighted by molar-refractivity contribution is 0.0516. The van der Waals surface area contributed by atoms with E-state index in [4.69, 9.17) is 9.26 Å². The topological polar surface area (TPSA) is 94.3 Å². The van der Waals surface area contributed by atoms with Crippen LogP contribution in [0.3, 0.4) is 0 Å². The van der Waals surface area contributed by atoms with Crippen LogP contribution in [-0.4, -0.2) is 56.4 Å². The van der Waals surface area contributed by atoms with Crippen molar-refractivity contribution in [3.63, 3.8) is 0 Å². The molecule has 1 aromatic rings. The molecule has 112 valence electrons. The summed E-state index contributed by atoms with van der Waals surface area (Å²) in [6, 6.07) is 0.254. The SMILES string of the molecule is CNC1CCOCC1c1nc(C2CCS(=O)(=O)C2)no1. The largest absolute Gasteiger partial charge is 0.381 e. The molecule has 0 aliphatic carbocycles. The van der Waals surface area contributed by atoms with Crippen molar-refractivity contribution in [1.82, 2.24) is 15.5 Å². The van der Waals surface area contributed by atoms with Crippen LogP contribution in [0.4, 0.5) is 0 Å². The molecule has 0 saturated carbocycles. The highest BCUT2D eigenvalue weighted by Crippen LogP contribution is 2.30. The van der Waals surface area contributed by atoms with Gasteiger partial charge in [-0.05, 0) is 19.9 Å². The minimum atomic E-state index is -2.93. The smallest absolute Gasteiger partial charge is 0.233 e. The Morgan fingerprint density at radius 1 is 1.35 bits per heavy atom. The first-order valence-electron chi connectivity index (χ1n) is 6.88. The maximum absolute atomic E-state index is 11.5. The second-order valence-corrected chi connectivity index (χ2v) is 7.68. The summed E-state index contributed by atoms with van der Waals surface area (Å²) in [6.45, 7) is 1.28. The average molecular weight is 301 g/mol. The van der Waals surface area contributed by atoms with Crippen LogP contribution in [0.1, 0.15) is 36.4 Å². The van der Waals surface area contributed by atoms with Crippen LogP contribution in [0.25, 0.3) is 0 Å². The van der Waals surface area contributed by atoms with Gasteiger partial charge >= 0.3 is 0 Å². The molecule has 3 atom stereocenters. The molecule has 20 heavy (non-hydrogen) atoms. The highest BCUT2D eigenvalue weighted by molar-refractivity contribution is 7.91. The number of hydrogen-bond donors (Lipinski definition) is 1. The minimum Gasteiger partial charge on any atom is -0.381 e. The highest BCUT2D eigenvalue weighted by Gasteiger charge is 2.35. The summed E-state index contributed by atoms with van der Waals surface area (Å²) in [6.07, 6.45) is 1.48. The molecule has 2 aliphatic rings. The van der Waals surface area contributed by atoms with Gasteiger partial charge in [-0.15, -0.1) is 0 Å². The summed E-state index contributed by atoms with van der Waals surface area (Å²) in [5.74, 6) is 1.31. The molecule has 7 nitrogen and oxygen atoms in total. The minimum absolute atomic E-state index is 0.0352. The Kier molecular flexibility index (Phi) is 3.78. The van der Waals surface area contributed by atoms with Crippen LogP contribution in [0.5, 0.6) is 0 Å². The third-order valence-electron chi connectivity index (χ3n) is 4.10. The summed E-state index contributed by atoms with van der Waals surface area (Å²) in [5.41, 5.74) is 0. The van der Waals surface area contributed by atoms with Crippen molar-refractivity contribution in [1.29, 1.82) is 0 Å². The van der Waals surface area contributed by atoms with E-state index in [1.54, 1.807) is 0 Å². The summed E-state index contributed by atoms with van der Waals surface area (Å²) < 4.78 is 33.8. The third-order valence-corrected chi connectivity index (χ3v) is 5.87. The third kappa shape index (κ3) is 2.72. The number of rotatable bonds is 3. The first kappa shape index (κ1) is 14.0. The molecule has 2 saturated heterocycles. The van der Waals surface area contributed by atoms with Gasteiger partial charge < -0.3 is 14.6 Å². The number of hydrogen-bond acceptors (Lipinski definition) is 7. The van der Waals surface area contributed by atoms with Crippen LogP contribution in [0.2, 0.25) is 0 Å². The Morgan fingerprint density at radius 3 is 2.90 bits per heavy atom. The second kappa shape index (κ2) is 5.42. The normalized spacial score (nSPS) is 33.4. The van der Waals surface area contributed by atoms with Crippen LogP contribution >= 0.6 is 0 Å². The van der Waals surface area contributed by atoms with Gasteiger partial charge in [-0.2, -0.15) is 4.98 Å². The summed E-state index contributed by atoms with van der Waals surface area (Å²) in [5, 5.41) is 7.21. The Labute approximate surface area is 118 Å². The fourth-order valence-electron chi connectivity index (χ4n) is 2.89. The van der Waals surface area contributed by atoms with Crippen molar-refractivity contribution in [3.05, 3.63) is 11.7 Å². The quantitative estimate of drug-likeness (QED) is 0.843. The van der Waals surface area contributed by atoms with E-state index in [9.17, 15) is 8.42 Å². The van der Waals surface area contributed by atoms with Gasteiger partial charge in [0.15, 0.2) is 15.7 Å². The van der Waals surface area contributed by atoms with Gasteiger partial charge in [0, 0.05) is 18.6 Å². The Balaban J connectivity index is 1.76. The van der Waals surface area contributed by atoms with E-state index in [1.807, 2.05) is 7.05 Å². The van der Waals surface area contributed by atoms with E-state index in [-0.39, 0.29) is 29.4 Å². The van der Waals surface area contributed by atoms with Crippen molar-refractivity contribution >= 4 is 9.84 Å². The molecule has 3 unspecified atom stereocenters. The van der Waals surface area contributed by atoms with Crippen LogP contribution < -0.4 is 5.32 Å². The van der Waals surface area contributed by atoms with Gasteiger partial charge in [-0.3, -0.25) is 0 Å². The molecule has 0 aromatic carbocycles. The van der Waals surface area contributed by atoms with Crippen LogP contribution in [0, 0.1) is 0 Å².